The van der Waals surface area contributed by atoms with Crippen LogP contribution in [0, 0.1) is 11.8 Å². The summed E-state index contributed by atoms with van der Waals surface area (Å²) in [5.74, 6) is 1.65. The van der Waals surface area contributed by atoms with E-state index in [0.717, 1.165) is 32.4 Å². The van der Waals surface area contributed by atoms with E-state index < -0.39 is 10.0 Å². The van der Waals surface area contributed by atoms with Crippen molar-refractivity contribution in [2.75, 3.05) is 31.5 Å². The van der Waals surface area contributed by atoms with Crippen molar-refractivity contribution in [2.45, 2.75) is 50.8 Å². The van der Waals surface area contributed by atoms with E-state index >= 15 is 0 Å². The molecular weight excluding hydrogens is 388 g/mol. The van der Waals surface area contributed by atoms with Gasteiger partial charge in [0.15, 0.2) is 0 Å². The van der Waals surface area contributed by atoms with Crippen LogP contribution in [0.2, 0.25) is 0 Å². The molecule has 160 valence electrons. The Kier molecular flexibility index (Phi) is 7.29. The number of nitrogens with zero attached hydrogens (tertiary/aromatic N) is 2. The van der Waals surface area contributed by atoms with E-state index in [1.54, 1.807) is 12.1 Å². The van der Waals surface area contributed by atoms with Crippen LogP contribution in [0.5, 0.6) is 0 Å². The number of rotatable bonds is 5. The third-order valence-electron chi connectivity index (χ3n) is 5.39. The molecule has 1 aromatic rings. The molecule has 0 saturated carbocycles. The number of anilines is 1. The summed E-state index contributed by atoms with van der Waals surface area (Å²) in [7, 11) is -3.66. The summed E-state index contributed by atoms with van der Waals surface area (Å²) in [5, 5.41) is 2.87. The minimum absolute atomic E-state index is 0.0761. The van der Waals surface area contributed by atoms with Crippen LogP contribution < -0.4 is 10.0 Å². The molecule has 2 atom stereocenters. The van der Waals surface area contributed by atoms with Crippen molar-refractivity contribution in [3.63, 3.8) is 0 Å². The van der Waals surface area contributed by atoms with Gasteiger partial charge >= 0.3 is 0 Å². The second-order valence-electron chi connectivity index (χ2n) is 8.46. The van der Waals surface area contributed by atoms with Crippen molar-refractivity contribution in [1.29, 1.82) is 0 Å². The monoisotopic (exact) mass is 420 g/mol. The third-order valence-corrected chi connectivity index (χ3v) is 6.78. The van der Waals surface area contributed by atoms with Gasteiger partial charge in [-0.25, -0.2) is 8.42 Å². The van der Waals surface area contributed by atoms with Crippen molar-refractivity contribution >= 4 is 27.5 Å². The van der Waals surface area contributed by atoms with Crippen LogP contribution in [0.1, 0.15) is 46.0 Å². The molecule has 2 unspecified atom stereocenters. The van der Waals surface area contributed by atoms with Crippen molar-refractivity contribution in [2.24, 2.45) is 16.8 Å². The fourth-order valence-electron chi connectivity index (χ4n) is 4.21. The Morgan fingerprint density at radius 3 is 2.48 bits per heavy atom. The minimum Gasteiger partial charge on any atom is -0.325 e. The maximum Gasteiger partial charge on any atom is 0.262 e. The van der Waals surface area contributed by atoms with Gasteiger partial charge in [0.05, 0.1) is 11.4 Å². The van der Waals surface area contributed by atoms with Gasteiger partial charge in [-0.15, -0.1) is 0 Å². The SMILES string of the molecule is CC1CC(C)CN(CC(=O)Nc2ccc(S(=O)(=O)NC3=NCCCCC3)cc2)C1. The first-order chi connectivity index (χ1) is 13.8. The molecule has 1 fully saturated rings. The molecule has 3 rings (SSSR count). The Morgan fingerprint density at radius 1 is 1.10 bits per heavy atom. The van der Waals surface area contributed by atoms with Gasteiger partial charge < -0.3 is 5.32 Å². The van der Waals surface area contributed by atoms with E-state index in [-0.39, 0.29) is 10.8 Å². The number of benzene rings is 1. The molecule has 8 heteroatoms. The number of carbonyl (C=O) groups is 1. The Balaban J connectivity index is 1.56. The van der Waals surface area contributed by atoms with Crippen LogP contribution in [0.15, 0.2) is 34.2 Å². The number of piperidine rings is 1. The third kappa shape index (κ3) is 6.54. The molecule has 2 aliphatic rings. The zero-order valence-corrected chi connectivity index (χ0v) is 18.2. The lowest BCUT2D eigenvalue weighted by Crippen LogP contribution is -2.42. The molecule has 29 heavy (non-hydrogen) atoms. The Morgan fingerprint density at radius 2 is 1.79 bits per heavy atom. The molecule has 2 N–H and O–H groups in total. The highest BCUT2D eigenvalue weighted by atomic mass is 32.2. The zero-order chi connectivity index (χ0) is 20.9. The number of carbonyl (C=O) groups excluding carboxylic acids is 1. The quantitative estimate of drug-likeness (QED) is 0.766. The van der Waals surface area contributed by atoms with E-state index in [2.05, 4.69) is 33.8 Å². The number of amides is 1. The van der Waals surface area contributed by atoms with Gasteiger partial charge in [0.25, 0.3) is 10.0 Å². The molecule has 7 nitrogen and oxygen atoms in total. The smallest absolute Gasteiger partial charge is 0.262 e. The molecule has 1 aromatic carbocycles. The van der Waals surface area contributed by atoms with Crippen molar-refractivity contribution < 1.29 is 13.2 Å². The van der Waals surface area contributed by atoms with Gasteiger partial charge in [0.2, 0.25) is 5.91 Å². The maximum absolute atomic E-state index is 12.6. The lowest BCUT2D eigenvalue weighted by Gasteiger charge is -2.34. The van der Waals surface area contributed by atoms with Crippen LogP contribution >= 0.6 is 0 Å². The summed E-state index contributed by atoms with van der Waals surface area (Å²) >= 11 is 0. The van der Waals surface area contributed by atoms with Gasteiger partial charge in [0, 0.05) is 31.7 Å². The molecule has 0 aliphatic carbocycles. The normalized spacial score (nSPS) is 23.7. The average molecular weight is 421 g/mol. The summed E-state index contributed by atoms with van der Waals surface area (Å²) in [5.41, 5.74) is 0.596. The van der Waals surface area contributed by atoms with Crippen molar-refractivity contribution in [3.8, 4) is 0 Å². The minimum atomic E-state index is -3.66. The molecule has 0 radical (unpaired) electrons. The number of likely N-dealkylation sites (tertiary alicyclic amines) is 1. The average Bonchev–Trinajstić information content (AvgIpc) is 2.89. The number of hydrogen-bond acceptors (Lipinski definition) is 5. The molecule has 0 aromatic heterocycles. The van der Waals surface area contributed by atoms with Gasteiger partial charge in [0.1, 0.15) is 5.84 Å². The summed E-state index contributed by atoms with van der Waals surface area (Å²) in [4.78, 5) is 19.0. The highest BCUT2D eigenvalue weighted by Gasteiger charge is 2.23. The van der Waals surface area contributed by atoms with Crippen LogP contribution in [0.4, 0.5) is 5.69 Å². The first-order valence-corrected chi connectivity index (χ1v) is 12.0. The predicted molar refractivity (Wildman–Crippen MR) is 116 cm³/mol. The fourth-order valence-corrected chi connectivity index (χ4v) is 5.30. The first kappa shape index (κ1) is 21.8. The van der Waals surface area contributed by atoms with Crippen LogP contribution in [0.25, 0.3) is 0 Å². The highest BCUT2D eigenvalue weighted by molar-refractivity contribution is 7.90. The van der Waals surface area contributed by atoms with E-state index in [1.807, 2.05) is 0 Å². The summed E-state index contributed by atoms with van der Waals surface area (Å²) in [6, 6.07) is 6.28. The predicted octanol–water partition coefficient (Wildman–Crippen LogP) is 2.85. The second-order valence-corrected chi connectivity index (χ2v) is 10.1. The Bertz CT molecular complexity index is 826. The summed E-state index contributed by atoms with van der Waals surface area (Å²) in [6.45, 7) is 7.32. The standard InChI is InChI=1S/C21H32N4O3S/c1-16-12-17(2)14-25(13-16)15-21(26)23-18-7-9-19(10-8-18)29(27,28)24-20-6-4-3-5-11-22-20/h7-10,16-17H,3-6,11-15H2,1-2H3,(H,22,24)(H,23,26). The van der Waals surface area contributed by atoms with Gasteiger partial charge in [-0.05, 0) is 55.4 Å². The number of aliphatic imine (C=N–C) groups is 1. The number of nitrogens with one attached hydrogen (secondary N) is 2. The molecule has 1 amide bonds. The Hall–Kier alpha value is -1.93. The topological polar surface area (TPSA) is 90.9 Å². The van der Waals surface area contributed by atoms with E-state index in [4.69, 9.17) is 0 Å². The highest BCUT2D eigenvalue weighted by Crippen LogP contribution is 2.21. The summed E-state index contributed by atoms with van der Waals surface area (Å²) in [6.07, 6.45) is 4.86. The molecule has 0 bridgehead atoms. The van der Waals surface area contributed by atoms with Gasteiger partial charge in [-0.2, -0.15) is 0 Å². The molecule has 1 saturated heterocycles. The lowest BCUT2D eigenvalue weighted by atomic mass is 9.92. The largest absolute Gasteiger partial charge is 0.325 e. The number of hydrogen-bond donors (Lipinski definition) is 2. The molecule has 2 aliphatic heterocycles. The number of amidine groups is 1. The van der Waals surface area contributed by atoms with Crippen LogP contribution in [-0.4, -0.2) is 51.2 Å². The van der Waals surface area contributed by atoms with Crippen LogP contribution in [0.3, 0.4) is 0 Å². The maximum atomic E-state index is 12.6. The molecule has 0 spiro atoms. The van der Waals surface area contributed by atoms with E-state index in [9.17, 15) is 13.2 Å². The molecule has 2 heterocycles. The Labute approximate surface area is 174 Å². The lowest BCUT2D eigenvalue weighted by molar-refractivity contribution is -0.117. The van der Waals surface area contributed by atoms with Crippen molar-refractivity contribution in [3.05, 3.63) is 24.3 Å². The van der Waals surface area contributed by atoms with Gasteiger partial charge in [-0.1, -0.05) is 20.3 Å². The summed E-state index contributed by atoms with van der Waals surface area (Å²) < 4.78 is 27.8. The van der Waals surface area contributed by atoms with Crippen LogP contribution in [-0.2, 0) is 14.8 Å². The van der Waals surface area contributed by atoms with E-state index in [1.165, 1.54) is 18.6 Å². The van der Waals surface area contributed by atoms with E-state index in [0.29, 0.717) is 42.9 Å². The zero-order valence-electron chi connectivity index (χ0n) is 17.4. The second kappa shape index (κ2) is 9.71. The molecular formula is C21H32N4O3S. The first-order valence-electron chi connectivity index (χ1n) is 10.5. The van der Waals surface area contributed by atoms with Crippen molar-refractivity contribution in [1.82, 2.24) is 9.62 Å². The fraction of sp³-hybridized carbons (Fsp3) is 0.619. The number of sulfonamides is 1. The van der Waals surface area contributed by atoms with Gasteiger partial charge in [-0.3, -0.25) is 19.4 Å².